The summed E-state index contributed by atoms with van der Waals surface area (Å²) in [5.41, 5.74) is 0.541. The number of ether oxygens (including phenoxy) is 2. The van der Waals surface area contributed by atoms with Crippen LogP contribution in [0.3, 0.4) is 0 Å². The monoisotopic (exact) mass is 296 g/mol. The maximum Gasteiger partial charge on any atom is 0.332 e. The first-order chi connectivity index (χ1) is 9.78. The van der Waals surface area contributed by atoms with E-state index < -0.39 is 18.2 Å². The van der Waals surface area contributed by atoms with Gasteiger partial charge in [0.2, 0.25) is 0 Å². The molecule has 0 amide bonds. The predicted octanol–water partition coefficient (Wildman–Crippen LogP) is 2.46. The Kier molecular flexibility index (Phi) is 9.05. The first-order valence-electron chi connectivity index (χ1n) is 6.80. The third-order valence-corrected chi connectivity index (χ3v) is 2.08. The minimum Gasteiger partial charge on any atom is -0.461 e. The molecule has 0 aliphatic rings. The van der Waals surface area contributed by atoms with Crippen LogP contribution in [0, 0.1) is 0 Å². The molecular weight excluding hydrogens is 272 g/mol. The van der Waals surface area contributed by atoms with E-state index in [0.717, 1.165) is 5.56 Å². The number of carbonyl (C=O) groups is 2. The van der Waals surface area contributed by atoms with Crippen LogP contribution in [0.25, 0.3) is 0 Å². The number of benzene rings is 1. The molecule has 0 radical (unpaired) electrons. The Hall–Kier alpha value is -1.88. The number of hydrogen-bond donors (Lipinski definition) is 1. The number of carbonyl (C=O) groups excluding carboxylic acids is 2. The third-order valence-electron chi connectivity index (χ3n) is 2.08. The van der Waals surface area contributed by atoms with Gasteiger partial charge in [0.05, 0.1) is 0 Å². The van der Waals surface area contributed by atoms with Gasteiger partial charge in [-0.25, -0.2) is 4.79 Å². The summed E-state index contributed by atoms with van der Waals surface area (Å²) in [6.45, 7) is 6.87. The van der Waals surface area contributed by atoms with Crippen LogP contribution in [0.1, 0.15) is 39.7 Å². The van der Waals surface area contributed by atoms with Crippen molar-refractivity contribution in [3.05, 3.63) is 35.9 Å². The number of aliphatic hydroxyl groups is 1. The van der Waals surface area contributed by atoms with Crippen LogP contribution in [0.15, 0.2) is 30.3 Å². The first kappa shape index (κ1) is 19.1. The fourth-order valence-corrected chi connectivity index (χ4v) is 1.21. The fourth-order valence-electron chi connectivity index (χ4n) is 1.21. The summed E-state index contributed by atoms with van der Waals surface area (Å²) < 4.78 is 9.64. The molecule has 0 saturated carbocycles. The summed E-state index contributed by atoms with van der Waals surface area (Å²) in [7, 11) is 0. The van der Waals surface area contributed by atoms with Crippen molar-refractivity contribution >= 4 is 11.9 Å². The molecule has 0 heterocycles. The Bertz CT molecular complexity index is 420. The summed E-state index contributed by atoms with van der Waals surface area (Å²) in [4.78, 5) is 21.1. The molecule has 0 fully saturated rings. The van der Waals surface area contributed by atoms with Gasteiger partial charge < -0.3 is 14.6 Å². The third kappa shape index (κ3) is 11.6. The fraction of sp³-hybridized carbons (Fsp3) is 0.500. The summed E-state index contributed by atoms with van der Waals surface area (Å²) in [5, 5.41) is 8.22. The normalized spacial score (nSPS) is 10.1. The van der Waals surface area contributed by atoms with Gasteiger partial charge in [-0.1, -0.05) is 37.3 Å². The second-order valence-electron chi connectivity index (χ2n) is 5.24. The predicted molar refractivity (Wildman–Crippen MR) is 79.5 cm³/mol. The van der Waals surface area contributed by atoms with Crippen molar-refractivity contribution in [2.24, 2.45) is 0 Å². The Labute approximate surface area is 125 Å². The van der Waals surface area contributed by atoms with E-state index >= 15 is 0 Å². The van der Waals surface area contributed by atoms with E-state index in [1.54, 1.807) is 27.7 Å². The lowest BCUT2D eigenvalue weighted by Crippen LogP contribution is -2.25. The summed E-state index contributed by atoms with van der Waals surface area (Å²) in [6.07, 6.45) is 0.437. The van der Waals surface area contributed by atoms with Crippen molar-refractivity contribution in [1.82, 2.24) is 0 Å². The van der Waals surface area contributed by atoms with Crippen molar-refractivity contribution < 1.29 is 24.2 Å². The summed E-state index contributed by atoms with van der Waals surface area (Å²) in [6, 6.07) is 9.65. The van der Waals surface area contributed by atoms with E-state index in [9.17, 15) is 9.59 Å². The number of esters is 2. The van der Waals surface area contributed by atoms with Crippen molar-refractivity contribution in [3.8, 4) is 0 Å². The molecule has 118 valence electrons. The molecule has 1 rings (SSSR count). The Morgan fingerprint density at radius 2 is 1.67 bits per heavy atom. The highest BCUT2D eigenvalue weighted by Crippen LogP contribution is 2.05. The number of rotatable bonds is 4. The standard InChI is InChI=1S/C10H12O2.C6H12O3/c1-2-10(11)12-8-9-6-4-3-5-7-9;1-6(2,3)9-5(8)4-7/h3-7H,2,8H2,1H3;7H,4H2,1-3H3. The van der Waals surface area contributed by atoms with Crippen LogP contribution in [0.5, 0.6) is 0 Å². The Morgan fingerprint density at radius 3 is 2.05 bits per heavy atom. The molecule has 1 aromatic carbocycles. The summed E-state index contributed by atoms with van der Waals surface area (Å²) >= 11 is 0. The van der Waals surface area contributed by atoms with Gasteiger partial charge in [0, 0.05) is 6.42 Å². The van der Waals surface area contributed by atoms with E-state index in [-0.39, 0.29) is 5.97 Å². The molecule has 1 N–H and O–H groups in total. The molecule has 0 unspecified atom stereocenters. The smallest absolute Gasteiger partial charge is 0.332 e. The van der Waals surface area contributed by atoms with Gasteiger partial charge in [-0.2, -0.15) is 0 Å². The largest absolute Gasteiger partial charge is 0.461 e. The van der Waals surface area contributed by atoms with Crippen LogP contribution in [-0.4, -0.2) is 29.3 Å². The molecule has 0 aliphatic heterocycles. The SMILES string of the molecule is CC(C)(C)OC(=O)CO.CCC(=O)OCc1ccccc1. The van der Waals surface area contributed by atoms with E-state index in [0.29, 0.717) is 13.0 Å². The van der Waals surface area contributed by atoms with Gasteiger partial charge in [-0.05, 0) is 26.3 Å². The second-order valence-corrected chi connectivity index (χ2v) is 5.24. The lowest BCUT2D eigenvalue weighted by Gasteiger charge is -2.18. The van der Waals surface area contributed by atoms with E-state index in [2.05, 4.69) is 0 Å². The number of aliphatic hydroxyl groups excluding tert-OH is 1. The van der Waals surface area contributed by atoms with Gasteiger partial charge in [-0.3, -0.25) is 4.79 Å². The van der Waals surface area contributed by atoms with Crippen LogP contribution in [-0.2, 0) is 25.7 Å². The quantitative estimate of drug-likeness (QED) is 0.864. The zero-order chi connectivity index (χ0) is 16.3. The van der Waals surface area contributed by atoms with Crippen molar-refractivity contribution in [1.29, 1.82) is 0 Å². The zero-order valence-corrected chi connectivity index (χ0v) is 13.1. The maximum atomic E-state index is 10.8. The van der Waals surface area contributed by atoms with Crippen molar-refractivity contribution in [2.45, 2.75) is 46.3 Å². The van der Waals surface area contributed by atoms with Gasteiger partial charge in [0.1, 0.15) is 18.8 Å². The van der Waals surface area contributed by atoms with Crippen LogP contribution >= 0.6 is 0 Å². The summed E-state index contributed by atoms with van der Waals surface area (Å²) in [5.74, 6) is -0.735. The van der Waals surface area contributed by atoms with Crippen molar-refractivity contribution in [3.63, 3.8) is 0 Å². The van der Waals surface area contributed by atoms with Gasteiger partial charge in [0.15, 0.2) is 0 Å². The lowest BCUT2D eigenvalue weighted by molar-refractivity contribution is -0.158. The maximum absolute atomic E-state index is 10.8. The molecule has 21 heavy (non-hydrogen) atoms. The average Bonchev–Trinajstić information content (AvgIpc) is 2.44. The van der Waals surface area contributed by atoms with Crippen molar-refractivity contribution in [2.75, 3.05) is 6.61 Å². The topological polar surface area (TPSA) is 72.8 Å². The van der Waals surface area contributed by atoms with Crippen LogP contribution in [0.2, 0.25) is 0 Å². The lowest BCUT2D eigenvalue weighted by atomic mass is 10.2. The van der Waals surface area contributed by atoms with Gasteiger partial charge in [0.25, 0.3) is 0 Å². The molecule has 5 nitrogen and oxygen atoms in total. The Morgan fingerprint density at radius 1 is 1.10 bits per heavy atom. The van der Waals surface area contributed by atoms with E-state index in [1.807, 2.05) is 30.3 Å². The van der Waals surface area contributed by atoms with Crippen LogP contribution < -0.4 is 0 Å². The molecule has 0 aliphatic carbocycles. The first-order valence-corrected chi connectivity index (χ1v) is 6.80. The molecule has 0 bridgehead atoms. The highest BCUT2D eigenvalue weighted by molar-refractivity contribution is 5.70. The highest BCUT2D eigenvalue weighted by Gasteiger charge is 2.14. The molecular formula is C16H24O5. The average molecular weight is 296 g/mol. The zero-order valence-electron chi connectivity index (χ0n) is 13.1. The molecule has 5 heteroatoms. The van der Waals surface area contributed by atoms with E-state index in [4.69, 9.17) is 14.6 Å². The molecule has 0 aromatic heterocycles. The van der Waals surface area contributed by atoms with Crippen LogP contribution in [0.4, 0.5) is 0 Å². The van der Waals surface area contributed by atoms with Gasteiger partial charge >= 0.3 is 11.9 Å². The minimum atomic E-state index is -0.581. The Balaban J connectivity index is 0.000000400. The molecule has 0 saturated heterocycles. The highest BCUT2D eigenvalue weighted by atomic mass is 16.6. The second kappa shape index (κ2) is 9.94. The number of hydrogen-bond acceptors (Lipinski definition) is 5. The van der Waals surface area contributed by atoms with Gasteiger partial charge in [-0.15, -0.1) is 0 Å². The molecule has 0 spiro atoms. The minimum absolute atomic E-state index is 0.154. The van der Waals surface area contributed by atoms with E-state index in [1.165, 1.54) is 0 Å². The molecule has 0 atom stereocenters. The molecule has 1 aromatic rings.